The molecule has 0 spiro atoms. The van der Waals surface area contributed by atoms with Gasteiger partial charge in [-0.15, -0.1) is 0 Å². The van der Waals surface area contributed by atoms with Crippen LogP contribution in [0.15, 0.2) is 6.07 Å². The third-order valence-corrected chi connectivity index (χ3v) is 2.35. The quantitative estimate of drug-likeness (QED) is 0.560. The van der Waals surface area contributed by atoms with E-state index in [9.17, 15) is 4.79 Å². The van der Waals surface area contributed by atoms with Gasteiger partial charge in [0.25, 0.3) is 0 Å². The smallest absolute Gasteiger partial charge is 0.341 e. The predicted molar refractivity (Wildman–Crippen MR) is 54.7 cm³/mol. The number of esters is 1. The second-order valence-electron chi connectivity index (χ2n) is 2.92. The minimum Gasteiger partial charge on any atom is -0.465 e. The van der Waals surface area contributed by atoms with Gasteiger partial charge in [-0.3, -0.25) is 0 Å². The van der Waals surface area contributed by atoms with Gasteiger partial charge in [0.1, 0.15) is 5.15 Å². The molecule has 0 saturated carbocycles. The Labute approximate surface area is 88.1 Å². The molecule has 14 heavy (non-hydrogen) atoms. The predicted octanol–water partition coefficient (Wildman–Crippen LogP) is 2.39. The molecule has 4 heteroatoms. The highest BCUT2D eigenvalue weighted by Gasteiger charge is 2.13. The van der Waals surface area contributed by atoms with Gasteiger partial charge in [-0.25, -0.2) is 9.78 Å². The maximum Gasteiger partial charge on any atom is 0.341 e. The molecule has 0 aliphatic rings. The average molecular weight is 214 g/mol. The maximum atomic E-state index is 11.3. The van der Waals surface area contributed by atoms with Gasteiger partial charge in [0.15, 0.2) is 0 Å². The topological polar surface area (TPSA) is 39.2 Å². The highest BCUT2D eigenvalue weighted by atomic mass is 35.5. The fourth-order valence-corrected chi connectivity index (χ4v) is 1.49. The summed E-state index contributed by atoms with van der Waals surface area (Å²) in [6.07, 6.45) is 0.819. The van der Waals surface area contributed by atoms with Crippen LogP contribution in [0.4, 0.5) is 0 Å². The minimum absolute atomic E-state index is 0.201. The van der Waals surface area contributed by atoms with Crippen LogP contribution < -0.4 is 0 Å². The summed E-state index contributed by atoms with van der Waals surface area (Å²) in [5, 5.41) is 0.201. The van der Waals surface area contributed by atoms with Crippen molar-refractivity contribution in [3.63, 3.8) is 0 Å². The van der Waals surface area contributed by atoms with Crippen LogP contribution >= 0.6 is 11.6 Å². The Morgan fingerprint density at radius 3 is 2.79 bits per heavy atom. The van der Waals surface area contributed by atoms with Crippen molar-refractivity contribution >= 4 is 17.6 Å². The van der Waals surface area contributed by atoms with Gasteiger partial charge in [-0.2, -0.15) is 0 Å². The lowest BCUT2D eigenvalue weighted by Gasteiger charge is -2.06. The van der Waals surface area contributed by atoms with Crippen LogP contribution in [0.3, 0.4) is 0 Å². The number of methoxy groups -OCH3 is 1. The Morgan fingerprint density at radius 1 is 1.64 bits per heavy atom. The molecule has 1 rings (SSSR count). The van der Waals surface area contributed by atoms with Gasteiger partial charge in [0, 0.05) is 5.69 Å². The molecule has 1 aromatic heterocycles. The van der Waals surface area contributed by atoms with E-state index in [1.54, 1.807) is 6.07 Å². The standard InChI is InChI=1S/C10H12ClNO2/c1-4-7-5-8(10(13)14-3)9(11)12-6(7)2/h5H,4H2,1-3H3. The normalized spacial score (nSPS) is 10.0. The monoisotopic (exact) mass is 213 g/mol. The Balaban J connectivity index is 3.24. The number of ether oxygens (including phenoxy) is 1. The summed E-state index contributed by atoms with van der Waals surface area (Å²) in [7, 11) is 1.32. The van der Waals surface area contributed by atoms with Gasteiger partial charge in [-0.1, -0.05) is 18.5 Å². The second-order valence-corrected chi connectivity index (χ2v) is 3.27. The molecular formula is C10H12ClNO2. The first-order valence-electron chi connectivity index (χ1n) is 4.34. The number of aromatic nitrogens is 1. The first kappa shape index (κ1) is 11.0. The third-order valence-electron chi connectivity index (χ3n) is 2.06. The summed E-state index contributed by atoms with van der Waals surface area (Å²) >= 11 is 5.82. The molecule has 0 amide bonds. The van der Waals surface area contributed by atoms with Crippen molar-refractivity contribution in [1.29, 1.82) is 0 Å². The number of carbonyl (C=O) groups is 1. The Morgan fingerprint density at radius 2 is 2.29 bits per heavy atom. The zero-order chi connectivity index (χ0) is 10.7. The molecule has 0 bridgehead atoms. The fraction of sp³-hybridized carbons (Fsp3) is 0.400. The van der Waals surface area contributed by atoms with Crippen LogP contribution in [0.1, 0.15) is 28.5 Å². The van der Waals surface area contributed by atoms with E-state index in [0.717, 1.165) is 17.7 Å². The van der Waals surface area contributed by atoms with Crippen LogP contribution in [0.25, 0.3) is 0 Å². The van der Waals surface area contributed by atoms with Crippen LogP contribution in [-0.4, -0.2) is 18.1 Å². The average Bonchev–Trinajstić information content (AvgIpc) is 2.17. The SMILES string of the molecule is CCc1cc(C(=O)OC)c(Cl)nc1C. The van der Waals surface area contributed by atoms with Crippen molar-refractivity contribution in [1.82, 2.24) is 4.98 Å². The van der Waals surface area contributed by atoms with Gasteiger partial charge in [0.2, 0.25) is 0 Å². The lowest BCUT2D eigenvalue weighted by molar-refractivity contribution is 0.0600. The number of hydrogen-bond acceptors (Lipinski definition) is 3. The minimum atomic E-state index is -0.447. The van der Waals surface area contributed by atoms with Gasteiger partial charge in [-0.05, 0) is 25.0 Å². The summed E-state index contributed by atoms with van der Waals surface area (Å²) in [4.78, 5) is 15.3. The maximum absolute atomic E-state index is 11.3. The molecule has 0 fully saturated rings. The molecule has 1 aromatic rings. The van der Waals surface area contributed by atoms with E-state index >= 15 is 0 Å². The molecule has 0 unspecified atom stereocenters. The first-order valence-corrected chi connectivity index (χ1v) is 4.72. The van der Waals surface area contributed by atoms with Gasteiger partial charge < -0.3 is 4.74 Å². The number of halogens is 1. The van der Waals surface area contributed by atoms with Crippen molar-refractivity contribution in [3.8, 4) is 0 Å². The van der Waals surface area contributed by atoms with Crippen LogP contribution in [0, 0.1) is 6.92 Å². The lowest BCUT2D eigenvalue weighted by Crippen LogP contribution is -2.06. The van der Waals surface area contributed by atoms with Crippen molar-refractivity contribution in [3.05, 3.63) is 28.0 Å². The number of hydrogen-bond donors (Lipinski definition) is 0. The molecule has 0 N–H and O–H groups in total. The molecule has 1 heterocycles. The number of nitrogens with zero attached hydrogens (tertiary/aromatic N) is 1. The van der Waals surface area contributed by atoms with Crippen LogP contribution in [-0.2, 0) is 11.2 Å². The molecule has 0 aliphatic carbocycles. The van der Waals surface area contributed by atoms with Crippen molar-refractivity contribution < 1.29 is 9.53 Å². The second kappa shape index (κ2) is 4.42. The summed E-state index contributed by atoms with van der Waals surface area (Å²) in [5.41, 5.74) is 2.19. The highest BCUT2D eigenvalue weighted by molar-refractivity contribution is 6.32. The molecule has 0 atom stereocenters. The summed E-state index contributed by atoms with van der Waals surface area (Å²) < 4.78 is 4.59. The number of carbonyl (C=O) groups excluding carboxylic acids is 1. The number of rotatable bonds is 2. The zero-order valence-corrected chi connectivity index (χ0v) is 9.18. The third kappa shape index (κ3) is 2.04. The molecule has 3 nitrogen and oxygen atoms in total. The Hall–Kier alpha value is -1.09. The molecule has 0 radical (unpaired) electrons. The summed E-state index contributed by atoms with van der Waals surface area (Å²) in [5.74, 6) is -0.447. The summed E-state index contributed by atoms with van der Waals surface area (Å²) in [6.45, 7) is 3.87. The van der Waals surface area contributed by atoms with E-state index in [4.69, 9.17) is 11.6 Å². The Bertz CT molecular complexity index is 363. The zero-order valence-electron chi connectivity index (χ0n) is 8.43. The van der Waals surface area contributed by atoms with Crippen LogP contribution in [0.2, 0.25) is 5.15 Å². The first-order chi connectivity index (χ1) is 6.60. The van der Waals surface area contributed by atoms with E-state index in [1.807, 2.05) is 13.8 Å². The van der Waals surface area contributed by atoms with Crippen LogP contribution in [0.5, 0.6) is 0 Å². The van der Waals surface area contributed by atoms with E-state index in [1.165, 1.54) is 7.11 Å². The number of aryl methyl sites for hydroxylation is 2. The molecular weight excluding hydrogens is 202 g/mol. The largest absolute Gasteiger partial charge is 0.465 e. The molecule has 0 aromatic carbocycles. The van der Waals surface area contributed by atoms with E-state index < -0.39 is 5.97 Å². The van der Waals surface area contributed by atoms with E-state index in [2.05, 4.69) is 9.72 Å². The van der Waals surface area contributed by atoms with Crippen molar-refractivity contribution in [2.45, 2.75) is 20.3 Å². The van der Waals surface area contributed by atoms with Crippen molar-refractivity contribution in [2.75, 3.05) is 7.11 Å². The van der Waals surface area contributed by atoms with Gasteiger partial charge in [0.05, 0.1) is 12.7 Å². The van der Waals surface area contributed by atoms with Crippen molar-refractivity contribution in [2.24, 2.45) is 0 Å². The van der Waals surface area contributed by atoms with E-state index in [-0.39, 0.29) is 5.15 Å². The number of pyridine rings is 1. The fourth-order valence-electron chi connectivity index (χ4n) is 1.23. The van der Waals surface area contributed by atoms with Gasteiger partial charge >= 0.3 is 5.97 Å². The summed E-state index contributed by atoms with van der Waals surface area (Å²) in [6, 6.07) is 1.73. The lowest BCUT2D eigenvalue weighted by atomic mass is 10.1. The molecule has 0 aliphatic heterocycles. The highest BCUT2D eigenvalue weighted by Crippen LogP contribution is 2.18. The molecule has 76 valence electrons. The molecule has 0 saturated heterocycles. The Kier molecular flexibility index (Phi) is 3.47. The van der Waals surface area contributed by atoms with E-state index in [0.29, 0.717) is 5.56 Å².